The minimum absolute atomic E-state index is 0.0166. The van der Waals surface area contributed by atoms with Crippen molar-refractivity contribution in [3.63, 3.8) is 0 Å². The summed E-state index contributed by atoms with van der Waals surface area (Å²) in [4.78, 5) is 28.8. The second kappa shape index (κ2) is 9.33. The standard InChI is InChI=1S/C25H25N3O4S/c1-2-31-24(29)22-14-33-23(28-22)21-11-15(12-26-21)27-25(30)32-13-20-18-9-5-3-7-16(18)17-8-4-6-10-19(17)20/h3-10,14-15,20-21,26H,2,11-13H2,1H3,(H,27,30)/t15-,21+/m1/s1. The zero-order valence-corrected chi connectivity index (χ0v) is 19.1. The molecule has 1 aliphatic carbocycles. The maximum Gasteiger partial charge on any atom is 0.407 e. The van der Waals surface area contributed by atoms with Crippen molar-refractivity contribution in [3.8, 4) is 11.1 Å². The largest absolute Gasteiger partial charge is 0.461 e. The SMILES string of the molecule is CCOC(=O)c1csc([C@@H]2C[C@@H](NC(=O)OCC3c4ccccc4-c4ccccc43)CN2)n1. The number of thiazole rings is 1. The van der Waals surface area contributed by atoms with E-state index in [4.69, 9.17) is 9.47 Å². The van der Waals surface area contributed by atoms with Crippen molar-refractivity contribution in [2.45, 2.75) is 31.3 Å². The van der Waals surface area contributed by atoms with E-state index in [1.807, 2.05) is 24.3 Å². The van der Waals surface area contributed by atoms with Crippen LogP contribution >= 0.6 is 11.3 Å². The minimum Gasteiger partial charge on any atom is -0.461 e. The molecule has 2 heterocycles. The lowest BCUT2D eigenvalue weighted by Gasteiger charge is -2.16. The first kappa shape index (κ1) is 21.6. The first-order chi connectivity index (χ1) is 16.1. The molecule has 0 spiro atoms. The Hall–Kier alpha value is -3.23. The number of esters is 1. The summed E-state index contributed by atoms with van der Waals surface area (Å²) < 4.78 is 10.7. The first-order valence-corrected chi connectivity index (χ1v) is 12.0. The van der Waals surface area contributed by atoms with Crippen LogP contribution in [0, 0.1) is 0 Å². The van der Waals surface area contributed by atoms with E-state index in [0.717, 1.165) is 5.01 Å². The highest BCUT2D eigenvalue weighted by Crippen LogP contribution is 2.44. The molecule has 7 nitrogen and oxygen atoms in total. The van der Waals surface area contributed by atoms with Gasteiger partial charge in [-0.3, -0.25) is 0 Å². The van der Waals surface area contributed by atoms with E-state index < -0.39 is 12.1 Å². The van der Waals surface area contributed by atoms with Crippen molar-refractivity contribution in [1.29, 1.82) is 0 Å². The molecule has 2 aliphatic rings. The van der Waals surface area contributed by atoms with Crippen LogP contribution in [0.15, 0.2) is 53.9 Å². The van der Waals surface area contributed by atoms with Gasteiger partial charge in [0.25, 0.3) is 0 Å². The van der Waals surface area contributed by atoms with E-state index in [9.17, 15) is 9.59 Å². The highest BCUT2D eigenvalue weighted by molar-refractivity contribution is 7.09. The summed E-state index contributed by atoms with van der Waals surface area (Å²) in [5, 5.41) is 8.85. The smallest absolute Gasteiger partial charge is 0.407 e. The van der Waals surface area contributed by atoms with E-state index in [1.54, 1.807) is 12.3 Å². The molecular formula is C25H25N3O4S. The van der Waals surface area contributed by atoms with Gasteiger partial charge in [0, 0.05) is 23.9 Å². The van der Waals surface area contributed by atoms with Crippen molar-refractivity contribution >= 4 is 23.4 Å². The van der Waals surface area contributed by atoms with Crippen molar-refractivity contribution < 1.29 is 19.1 Å². The third kappa shape index (κ3) is 4.36. The predicted octanol–water partition coefficient (Wildman–Crippen LogP) is 4.26. The van der Waals surface area contributed by atoms with Gasteiger partial charge in [-0.05, 0) is 35.6 Å². The second-order valence-corrected chi connectivity index (χ2v) is 9.04. The minimum atomic E-state index is -0.421. The molecule has 8 heteroatoms. The number of fused-ring (bicyclic) bond motifs is 3. The molecule has 2 atom stereocenters. The number of nitrogens with zero attached hydrogens (tertiary/aromatic N) is 1. The van der Waals surface area contributed by atoms with Crippen molar-refractivity contribution in [1.82, 2.24) is 15.6 Å². The highest BCUT2D eigenvalue weighted by Gasteiger charge is 2.31. The van der Waals surface area contributed by atoms with Crippen LogP contribution in [0.5, 0.6) is 0 Å². The number of carbonyl (C=O) groups excluding carboxylic acids is 2. The third-order valence-corrected chi connectivity index (χ3v) is 7.06. The monoisotopic (exact) mass is 463 g/mol. The molecule has 1 fully saturated rings. The van der Waals surface area contributed by atoms with Gasteiger partial charge in [-0.2, -0.15) is 0 Å². The average molecular weight is 464 g/mol. The van der Waals surface area contributed by atoms with Crippen LogP contribution in [0.3, 0.4) is 0 Å². The fraction of sp³-hybridized carbons (Fsp3) is 0.320. The normalized spacial score (nSPS) is 19.1. The third-order valence-electron chi connectivity index (χ3n) is 6.10. The fourth-order valence-corrected chi connectivity index (χ4v) is 5.46. The fourth-order valence-electron chi connectivity index (χ4n) is 4.59. The van der Waals surface area contributed by atoms with Crippen LogP contribution in [-0.4, -0.2) is 42.8 Å². The molecule has 1 aliphatic heterocycles. The van der Waals surface area contributed by atoms with Gasteiger partial charge in [0.15, 0.2) is 5.69 Å². The molecule has 0 saturated carbocycles. The first-order valence-electron chi connectivity index (χ1n) is 11.1. The van der Waals surface area contributed by atoms with E-state index in [2.05, 4.69) is 39.9 Å². The Bertz CT molecular complexity index is 1130. The number of carbonyl (C=O) groups is 2. The lowest BCUT2D eigenvalue weighted by atomic mass is 9.98. The van der Waals surface area contributed by atoms with Gasteiger partial charge in [0.2, 0.25) is 0 Å². The van der Waals surface area contributed by atoms with Crippen LogP contribution in [0.2, 0.25) is 0 Å². The number of amides is 1. The number of rotatable bonds is 6. The molecule has 1 aromatic heterocycles. The molecule has 2 N–H and O–H groups in total. The Morgan fingerprint density at radius 2 is 1.79 bits per heavy atom. The Morgan fingerprint density at radius 1 is 1.09 bits per heavy atom. The molecule has 0 unspecified atom stereocenters. The van der Waals surface area contributed by atoms with Crippen LogP contribution in [-0.2, 0) is 9.47 Å². The maximum atomic E-state index is 12.6. The zero-order chi connectivity index (χ0) is 22.8. The Balaban J connectivity index is 1.16. The lowest BCUT2D eigenvalue weighted by molar-refractivity contribution is 0.0520. The molecule has 0 radical (unpaired) electrons. The summed E-state index contributed by atoms with van der Waals surface area (Å²) in [6.45, 7) is 2.99. The molecular weight excluding hydrogens is 438 g/mol. The Morgan fingerprint density at radius 3 is 2.48 bits per heavy atom. The molecule has 1 amide bonds. The Labute approximate surface area is 196 Å². The molecule has 33 heavy (non-hydrogen) atoms. The molecule has 3 aromatic rings. The van der Waals surface area contributed by atoms with Crippen LogP contribution in [0.1, 0.15) is 51.9 Å². The van der Waals surface area contributed by atoms with E-state index in [1.165, 1.54) is 33.6 Å². The number of aromatic nitrogens is 1. The van der Waals surface area contributed by atoms with Gasteiger partial charge in [-0.1, -0.05) is 48.5 Å². The number of ether oxygens (including phenoxy) is 2. The van der Waals surface area contributed by atoms with Crippen LogP contribution in [0.25, 0.3) is 11.1 Å². The van der Waals surface area contributed by atoms with E-state index >= 15 is 0 Å². The van der Waals surface area contributed by atoms with Gasteiger partial charge in [-0.25, -0.2) is 14.6 Å². The molecule has 0 bridgehead atoms. The summed E-state index contributed by atoms with van der Waals surface area (Å²) in [7, 11) is 0. The van der Waals surface area contributed by atoms with Crippen molar-refractivity contribution in [2.75, 3.05) is 19.8 Å². The predicted molar refractivity (Wildman–Crippen MR) is 125 cm³/mol. The number of hydrogen-bond donors (Lipinski definition) is 2. The molecule has 1 saturated heterocycles. The summed E-state index contributed by atoms with van der Waals surface area (Å²) in [5.41, 5.74) is 5.11. The molecule has 5 rings (SSSR count). The lowest BCUT2D eigenvalue weighted by Crippen LogP contribution is -2.37. The van der Waals surface area contributed by atoms with Crippen molar-refractivity contribution in [2.24, 2.45) is 0 Å². The maximum absolute atomic E-state index is 12.6. The van der Waals surface area contributed by atoms with Gasteiger partial charge in [0.1, 0.15) is 11.6 Å². The van der Waals surface area contributed by atoms with Gasteiger partial charge in [0.05, 0.1) is 12.6 Å². The highest BCUT2D eigenvalue weighted by atomic mass is 32.1. The number of alkyl carbamates (subject to hydrolysis) is 1. The number of hydrogen-bond acceptors (Lipinski definition) is 7. The summed E-state index contributed by atoms with van der Waals surface area (Å²) in [5.74, 6) is -0.375. The Kier molecular flexibility index (Phi) is 6.11. The van der Waals surface area contributed by atoms with E-state index in [-0.39, 0.29) is 18.0 Å². The summed E-state index contributed by atoms with van der Waals surface area (Å²) in [6.07, 6.45) is 0.260. The van der Waals surface area contributed by atoms with Crippen molar-refractivity contribution in [3.05, 3.63) is 75.7 Å². The van der Waals surface area contributed by atoms with Gasteiger partial charge < -0.3 is 20.1 Å². The number of benzene rings is 2. The molecule has 2 aromatic carbocycles. The summed E-state index contributed by atoms with van der Waals surface area (Å²) >= 11 is 1.42. The van der Waals surface area contributed by atoms with E-state index in [0.29, 0.717) is 31.9 Å². The average Bonchev–Trinajstić information content (AvgIpc) is 3.56. The molecule has 170 valence electrons. The quantitative estimate of drug-likeness (QED) is 0.531. The van der Waals surface area contributed by atoms with Gasteiger partial charge in [-0.15, -0.1) is 11.3 Å². The summed E-state index contributed by atoms with van der Waals surface area (Å²) in [6, 6.07) is 16.5. The topological polar surface area (TPSA) is 89.5 Å². The second-order valence-electron chi connectivity index (χ2n) is 8.15. The van der Waals surface area contributed by atoms with Gasteiger partial charge >= 0.3 is 12.1 Å². The zero-order valence-electron chi connectivity index (χ0n) is 18.2. The van der Waals surface area contributed by atoms with Crippen LogP contribution in [0.4, 0.5) is 4.79 Å². The number of nitrogens with one attached hydrogen (secondary N) is 2. The van der Waals surface area contributed by atoms with Crippen LogP contribution < -0.4 is 10.6 Å².